The number of aliphatic imine (C=N–C) groups is 1. The Labute approximate surface area is 174 Å². The Balaban J connectivity index is 1.76. The number of para-hydroxylation sites is 1. The monoisotopic (exact) mass is 405 g/mol. The molecule has 0 spiro atoms. The molecule has 148 valence electrons. The van der Waals surface area contributed by atoms with Crippen molar-refractivity contribution in [1.29, 1.82) is 5.41 Å². The molecule has 4 rings (SSSR count). The second-order valence-electron chi connectivity index (χ2n) is 7.56. The van der Waals surface area contributed by atoms with Gasteiger partial charge in [-0.05, 0) is 61.9 Å². The van der Waals surface area contributed by atoms with Crippen molar-refractivity contribution in [2.45, 2.75) is 34.6 Å². The zero-order valence-electron chi connectivity index (χ0n) is 17.1. The lowest BCUT2D eigenvalue weighted by atomic mass is 10.1. The highest BCUT2D eigenvalue weighted by atomic mass is 32.2. The highest BCUT2D eigenvalue weighted by Gasteiger charge is 2.36. The first-order chi connectivity index (χ1) is 13.8. The highest BCUT2D eigenvalue weighted by Crippen LogP contribution is 2.32. The van der Waals surface area contributed by atoms with E-state index >= 15 is 0 Å². The van der Waals surface area contributed by atoms with Crippen molar-refractivity contribution in [2.24, 2.45) is 16.0 Å². The summed E-state index contributed by atoms with van der Waals surface area (Å²) < 4.78 is 2.17. The lowest BCUT2D eigenvalue weighted by molar-refractivity contribution is -0.114. The lowest BCUT2D eigenvalue weighted by Crippen LogP contribution is -2.35. The molecule has 0 saturated heterocycles. The van der Waals surface area contributed by atoms with Gasteiger partial charge in [0.15, 0.2) is 5.84 Å². The number of rotatable bonds is 3. The van der Waals surface area contributed by atoms with Gasteiger partial charge in [0.25, 0.3) is 5.91 Å². The molecule has 0 saturated carbocycles. The number of amidine groups is 2. The summed E-state index contributed by atoms with van der Waals surface area (Å²) in [5, 5.41) is 15.8. The van der Waals surface area contributed by atoms with Crippen LogP contribution < -0.4 is 0 Å². The number of hydrogen-bond acceptors (Lipinski definition) is 4. The maximum absolute atomic E-state index is 12.7. The van der Waals surface area contributed by atoms with E-state index in [-0.39, 0.29) is 17.3 Å². The summed E-state index contributed by atoms with van der Waals surface area (Å²) in [7, 11) is 0. The van der Waals surface area contributed by atoms with Crippen molar-refractivity contribution in [2.75, 3.05) is 0 Å². The minimum absolute atomic E-state index is 0.0730. The van der Waals surface area contributed by atoms with Crippen LogP contribution in [0.2, 0.25) is 0 Å². The number of carbonyl (C=O) groups is 1. The van der Waals surface area contributed by atoms with E-state index < -0.39 is 5.91 Å². The average Bonchev–Trinajstić information content (AvgIpc) is 3.21. The van der Waals surface area contributed by atoms with Crippen LogP contribution in [0.5, 0.6) is 0 Å². The third-order valence-corrected chi connectivity index (χ3v) is 6.30. The van der Waals surface area contributed by atoms with Crippen LogP contribution in [0.25, 0.3) is 11.8 Å². The van der Waals surface area contributed by atoms with E-state index in [4.69, 9.17) is 5.41 Å². The lowest BCUT2D eigenvalue weighted by Gasteiger charge is -2.20. The second kappa shape index (κ2) is 7.15. The van der Waals surface area contributed by atoms with Crippen molar-refractivity contribution < 1.29 is 4.79 Å². The van der Waals surface area contributed by atoms with E-state index in [0.29, 0.717) is 5.17 Å². The summed E-state index contributed by atoms with van der Waals surface area (Å²) in [5.41, 5.74) is 5.53. The number of aryl methyl sites for hydroxylation is 2. The topological polar surface area (TPSA) is 73.8 Å². The van der Waals surface area contributed by atoms with Gasteiger partial charge < -0.3 is 4.57 Å². The number of carbonyl (C=O) groups excluding carboxylic acids is 1. The summed E-state index contributed by atoms with van der Waals surface area (Å²) in [5.74, 6) is -0.102. The van der Waals surface area contributed by atoms with Crippen molar-refractivity contribution in [3.05, 3.63) is 58.4 Å². The summed E-state index contributed by atoms with van der Waals surface area (Å²) in [4.78, 5) is 16.8. The average molecular weight is 406 g/mol. The van der Waals surface area contributed by atoms with Crippen LogP contribution in [0.4, 0.5) is 0 Å². The molecule has 0 atom stereocenters. The Bertz CT molecular complexity index is 1140. The molecule has 0 fully saturated rings. The van der Waals surface area contributed by atoms with Crippen LogP contribution >= 0.6 is 11.8 Å². The van der Waals surface area contributed by atoms with Gasteiger partial charge in [-0.2, -0.15) is 15.1 Å². The standard InChI is InChI=1S/C22H23N5OS/c1-12(2)21-25-27-19(23)17(20(28)24-22(27)29-21)11-16-10-14(4)26(15(16)5)18-9-7-6-8-13(18)3/h6-12,23H,1-5H3. The Hall–Kier alpha value is -2.93. The van der Waals surface area contributed by atoms with Crippen LogP contribution in [0.1, 0.15) is 36.4 Å². The van der Waals surface area contributed by atoms with Gasteiger partial charge in [-0.1, -0.05) is 32.0 Å². The number of hydrogen-bond donors (Lipinski definition) is 1. The molecule has 1 aromatic heterocycles. The van der Waals surface area contributed by atoms with Crippen LogP contribution in [-0.4, -0.2) is 31.5 Å². The number of nitrogens with one attached hydrogen (secondary N) is 1. The van der Waals surface area contributed by atoms with E-state index in [1.165, 1.54) is 22.3 Å². The zero-order chi connectivity index (χ0) is 20.9. The van der Waals surface area contributed by atoms with E-state index in [1.54, 1.807) is 6.08 Å². The molecule has 0 unspecified atom stereocenters. The highest BCUT2D eigenvalue weighted by molar-refractivity contribution is 8.27. The zero-order valence-corrected chi connectivity index (χ0v) is 18.0. The maximum Gasteiger partial charge on any atom is 0.283 e. The first kappa shape index (κ1) is 19.4. The SMILES string of the molecule is Cc1ccccc1-n1c(C)cc(C=C2C(=N)N3N=C(C(C)C)SC3=NC2=O)c1C. The number of aromatic nitrogens is 1. The van der Waals surface area contributed by atoms with E-state index in [9.17, 15) is 4.79 Å². The van der Waals surface area contributed by atoms with Crippen molar-refractivity contribution in [1.82, 2.24) is 9.58 Å². The van der Waals surface area contributed by atoms with E-state index in [1.807, 2.05) is 45.9 Å². The van der Waals surface area contributed by atoms with Crippen LogP contribution in [-0.2, 0) is 4.79 Å². The molecule has 1 N–H and O–H groups in total. The van der Waals surface area contributed by atoms with Crippen molar-refractivity contribution >= 4 is 39.8 Å². The number of thioether (sulfide) groups is 1. The largest absolute Gasteiger partial charge is 0.318 e. The second-order valence-corrected chi connectivity index (χ2v) is 8.55. The molecule has 1 amide bonds. The van der Waals surface area contributed by atoms with Crippen LogP contribution in [0.15, 0.2) is 46.0 Å². The fourth-order valence-electron chi connectivity index (χ4n) is 3.51. The Morgan fingerprint density at radius 2 is 1.90 bits per heavy atom. The van der Waals surface area contributed by atoms with Gasteiger partial charge >= 0.3 is 0 Å². The third kappa shape index (κ3) is 3.25. The van der Waals surface area contributed by atoms with Gasteiger partial charge in [0.05, 0.1) is 5.57 Å². The van der Waals surface area contributed by atoms with Crippen molar-refractivity contribution in [3.63, 3.8) is 0 Å². The van der Waals surface area contributed by atoms with Crippen LogP contribution in [0.3, 0.4) is 0 Å². The number of fused-ring (bicyclic) bond motifs is 1. The smallest absolute Gasteiger partial charge is 0.283 e. The number of amides is 1. The molecular weight excluding hydrogens is 382 g/mol. The fraction of sp³-hybridized carbons (Fsp3) is 0.273. The predicted molar refractivity (Wildman–Crippen MR) is 120 cm³/mol. The normalized spacial score (nSPS) is 17.9. The van der Waals surface area contributed by atoms with Gasteiger partial charge in [0.1, 0.15) is 5.04 Å². The maximum atomic E-state index is 12.7. The first-order valence-corrected chi connectivity index (χ1v) is 10.3. The minimum atomic E-state index is -0.394. The van der Waals surface area contributed by atoms with Crippen LogP contribution in [0, 0.1) is 32.1 Å². The Morgan fingerprint density at radius 1 is 1.17 bits per heavy atom. The molecule has 29 heavy (non-hydrogen) atoms. The van der Waals surface area contributed by atoms with E-state index in [0.717, 1.165) is 27.7 Å². The molecule has 2 aromatic rings. The minimum Gasteiger partial charge on any atom is -0.318 e. The molecule has 2 aliphatic rings. The molecule has 2 aliphatic heterocycles. The summed E-state index contributed by atoms with van der Waals surface area (Å²) >= 11 is 1.36. The fourth-order valence-corrected chi connectivity index (χ4v) is 4.41. The van der Waals surface area contributed by atoms with Crippen molar-refractivity contribution in [3.8, 4) is 5.69 Å². The summed E-state index contributed by atoms with van der Waals surface area (Å²) in [6.07, 6.45) is 1.76. The molecule has 0 aliphatic carbocycles. The molecule has 6 nitrogen and oxygen atoms in total. The van der Waals surface area contributed by atoms with Gasteiger partial charge in [0.2, 0.25) is 5.17 Å². The van der Waals surface area contributed by atoms with Gasteiger partial charge in [-0.3, -0.25) is 10.2 Å². The number of nitrogens with zero attached hydrogens (tertiary/aromatic N) is 4. The Kier molecular flexibility index (Phi) is 4.78. The number of benzene rings is 1. The molecule has 3 heterocycles. The first-order valence-electron chi connectivity index (χ1n) is 9.53. The quantitative estimate of drug-likeness (QED) is 0.754. The molecule has 1 aromatic carbocycles. The molecule has 0 bridgehead atoms. The van der Waals surface area contributed by atoms with E-state index in [2.05, 4.69) is 33.7 Å². The molecule has 0 radical (unpaired) electrons. The third-order valence-electron chi connectivity index (χ3n) is 5.09. The Morgan fingerprint density at radius 3 is 2.59 bits per heavy atom. The molecular formula is C22H23N5OS. The van der Waals surface area contributed by atoms with Gasteiger partial charge in [-0.25, -0.2) is 0 Å². The predicted octanol–water partition coefficient (Wildman–Crippen LogP) is 4.68. The number of hydrazone groups is 1. The summed E-state index contributed by atoms with van der Waals surface area (Å²) in [6, 6.07) is 10.2. The van der Waals surface area contributed by atoms with Gasteiger partial charge in [-0.15, -0.1) is 0 Å². The summed E-state index contributed by atoms with van der Waals surface area (Å²) in [6.45, 7) is 10.2. The van der Waals surface area contributed by atoms with Gasteiger partial charge in [0, 0.05) is 23.0 Å². The molecule has 7 heteroatoms.